The number of rotatable bonds is 5. The number of aromatic nitrogens is 2. The summed E-state index contributed by atoms with van der Waals surface area (Å²) in [6.45, 7) is 3.29. The minimum absolute atomic E-state index is 0.0314. The van der Waals surface area contributed by atoms with E-state index in [1.54, 1.807) is 13.8 Å². The standard InChI is InChI=1S/C16H14N4O6S/c1-3-11-4-6-13(9-15(11)20(23)24)27(25,26)18-16-8-12(19(21)22)5-7-14(16)10(2)17-18/h4-9H,3H2,1-2H3. The Morgan fingerprint density at radius 1 is 1.07 bits per heavy atom. The van der Waals surface area contributed by atoms with Crippen LogP contribution in [0.4, 0.5) is 11.4 Å². The first-order valence-electron chi connectivity index (χ1n) is 7.83. The fourth-order valence-corrected chi connectivity index (χ4v) is 4.14. The van der Waals surface area contributed by atoms with Crippen molar-refractivity contribution in [2.75, 3.05) is 0 Å². The van der Waals surface area contributed by atoms with Gasteiger partial charge in [-0.3, -0.25) is 20.2 Å². The zero-order valence-corrected chi connectivity index (χ0v) is 15.1. The van der Waals surface area contributed by atoms with Crippen molar-refractivity contribution < 1.29 is 18.3 Å². The van der Waals surface area contributed by atoms with Gasteiger partial charge < -0.3 is 0 Å². The summed E-state index contributed by atoms with van der Waals surface area (Å²) in [6, 6.07) is 7.42. The Balaban J connectivity index is 2.27. The van der Waals surface area contributed by atoms with Gasteiger partial charge in [-0.15, -0.1) is 0 Å². The van der Waals surface area contributed by atoms with Crippen LogP contribution >= 0.6 is 0 Å². The molecule has 0 unspecified atom stereocenters. The van der Waals surface area contributed by atoms with Gasteiger partial charge in [0.05, 0.1) is 26.0 Å². The van der Waals surface area contributed by atoms with Gasteiger partial charge in [-0.1, -0.05) is 13.0 Å². The maximum Gasteiger partial charge on any atom is 0.283 e. The van der Waals surface area contributed by atoms with E-state index in [1.165, 1.54) is 24.3 Å². The third-order valence-electron chi connectivity index (χ3n) is 4.19. The lowest BCUT2D eigenvalue weighted by Crippen LogP contribution is -2.15. The van der Waals surface area contributed by atoms with E-state index in [4.69, 9.17) is 0 Å². The monoisotopic (exact) mass is 390 g/mol. The number of nitro groups is 2. The largest absolute Gasteiger partial charge is 0.283 e. The van der Waals surface area contributed by atoms with E-state index in [0.717, 1.165) is 12.1 Å². The van der Waals surface area contributed by atoms with Crippen molar-refractivity contribution in [2.24, 2.45) is 0 Å². The molecule has 27 heavy (non-hydrogen) atoms. The predicted octanol–water partition coefficient (Wildman–Crippen LogP) is 2.96. The molecule has 10 nitrogen and oxygen atoms in total. The SMILES string of the molecule is CCc1ccc(S(=O)(=O)n2nc(C)c3ccc([N+](=O)[O-])cc32)cc1[N+](=O)[O-]. The number of aryl methyl sites for hydroxylation is 2. The van der Waals surface area contributed by atoms with E-state index in [0.29, 0.717) is 27.2 Å². The minimum atomic E-state index is -4.29. The lowest BCUT2D eigenvalue weighted by molar-refractivity contribution is -0.385. The van der Waals surface area contributed by atoms with E-state index in [9.17, 15) is 28.6 Å². The normalized spacial score (nSPS) is 11.6. The zero-order valence-electron chi connectivity index (χ0n) is 14.3. The predicted molar refractivity (Wildman–Crippen MR) is 96.2 cm³/mol. The van der Waals surface area contributed by atoms with Crippen LogP contribution in [0.1, 0.15) is 18.2 Å². The molecule has 1 aromatic heterocycles. The maximum absolute atomic E-state index is 13.0. The molecule has 1 heterocycles. The highest BCUT2D eigenvalue weighted by Gasteiger charge is 2.26. The van der Waals surface area contributed by atoms with Crippen molar-refractivity contribution in [1.29, 1.82) is 0 Å². The molecule has 0 amide bonds. The van der Waals surface area contributed by atoms with Crippen LogP contribution in [0.2, 0.25) is 0 Å². The van der Waals surface area contributed by atoms with Gasteiger partial charge in [0, 0.05) is 29.1 Å². The lowest BCUT2D eigenvalue weighted by Gasteiger charge is -2.07. The van der Waals surface area contributed by atoms with Gasteiger partial charge in [-0.25, -0.2) is 0 Å². The highest BCUT2D eigenvalue weighted by atomic mass is 32.2. The van der Waals surface area contributed by atoms with Gasteiger partial charge in [0.25, 0.3) is 21.4 Å². The molecule has 0 N–H and O–H groups in total. The van der Waals surface area contributed by atoms with Gasteiger partial charge in [-0.2, -0.15) is 17.6 Å². The van der Waals surface area contributed by atoms with Crippen LogP contribution in [0.25, 0.3) is 10.9 Å². The van der Waals surface area contributed by atoms with E-state index < -0.39 is 19.9 Å². The fourth-order valence-electron chi connectivity index (χ4n) is 2.80. The Labute approximate surface area is 153 Å². The van der Waals surface area contributed by atoms with Crippen LogP contribution in [0.5, 0.6) is 0 Å². The second-order valence-electron chi connectivity index (χ2n) is 5.79. The minimum Gasteiger partial charge on any atom is -0.258 e. The van der Waals surface area contributed by atoms with E-state index >= 15 is 0 Å². The summed E-state index contributed by atoms with van der Waals surface area (Å²) in [7, 11) is -4.29. The molecule has 0 saturated heterocycles. The average molecular weight is 390 g/mol. The van der Waals surface area contributed by atoms with Crippen molar-refractivity contribution in [3.05, 3.63) is 67.9 Å². The van der Waals surface area contributed by atoms with Crippen molar-refractivity contribution >= 4 is 32.3 Å². The molecule has 0 aliphatic carbocycles. The molecule has 0 saturated carbocycles. The van der Waals surface area contributed by atoms with Gasteiger partial charge in [-0.05, 0) is 25.5 Å². The van der Waals surface area contributed by atoms with Crippen molar-refractivity contribution in [3.8, 4) is 0 Å². The first kappa shape index (κ1) is 18.5. The summed E-state index contributed by atoms with van der Waals surface area (Å²) in [4.78, 5) is 20.7. The molecule has 0 bridgehead atoms. The molecular weight excluding hydrogens is 376 g/mol. The first-order chi connectivity index (χ1) is 12.7. The molecule has 0 spiro atoms. The van der Waals surface area contributed by atoms with Crippen LogP contribution in [0, 0.1) is 27.2 Å². The first-order valence-corrected chi connectivity index (χ1v) is 9.27. The summed E-state index contributed by atoms with van der Waals surface area (Å²) in [5.74, 6) is 0. The van der Waals surface area contributed by atoms with E-state index in [1.807, 2.05) is 0 Å². The van der Waals surface area contributed by atoms with Crippen LogP contribution < -0.4 is 0 Å². The number of nitrogens with zero attached hydrogens (tertiary/aromatic N) is 4. The van der Waals surface area contributed by atoms with Gasteiger partial charge in [0.1, 0.15) is 0 Å². The summed E-state index contributed by atoms with van der Waals surface area (Å²) in [5, 5.41) is 26.7. The fraction of sp³-hybridized carbons (Fsp3) is 0.188. The number of hydrogen-bond acceptors (Lipinski definition) is 7. The number of fused-ring (bicyclic) bond motifs is 1. The summed E-state index contributed by atoms with van der Waals surface area (Å²) < 4.78 is 26.7. The summed E-state index contributed by atoms with van der Waals surface area (Å²) >= 11 is 0. The molecule has 0 fully saturated rings. The zero-order chi connectivity index (χ0) is 19.9. The molecule has 11 heteroatoms. The number of non-ortho nitro benzene ring substituents is 1. The second kappa shape index (κ2) is 6.43. The molecule has 0 radical (unpaired) electrons. The van der Waals surface area contributed by atoms with E-state index in [2.05, 4.69) is 5.10 Å². The number of hydrogen-bond donors (Lipinski definition) is 0. The smallest absolute Gasteiger partial charge is 0.258 e. The van der Waals surface area contributed by atoms with Gasteiger partial charge >= 0.3 is 0 Å². The van der Waals surface area contributed by atoms with Crippen molar-refractivity contribution in [2.45, 2.75) is 25.2 Å². The Bertz CT molecular complexity index is 1200. The molecule has 3 aromatic rings. The lowest BCUT2D eigenvalue weighted by atomic mass is 10.1. The summed E-state index contributed by atoms with van der Waals surface area (Å²) in [5.41, 5.74) is 0.201. The maximum atomic E-state index is 13.0. The van der Waals surface area contributed by atoms with Crippen LogP contribution in [0.15, 0.2) is 41.3 Å². The van der Waals surface area contributed by atoms with E-state index in [-0.39, 0.29) is 21.8 Å². The molecule has 0 aliphatic rings. The number of nitro benzene ring substituents is 2. The third kappa shape index (κ3) is 3.01. The van der Waals surface area contributed by atoms with Gasteiger partial charge in [0.15, 0.2) is 0 Å². The highest BCUT2D eigenvalue weighted by Crippen LogP contribution is 2.29. The average Bonchev–Trinajstić information content (AvgIpc) is 2.98. The molecule has 0 aliphatic heterocycles. The van der Waals surface area contributed by atoms with Gasteiger partial charge in [0.2, 0.25) is 0 Å². The topological polar surface area (TPSA) is 138 Å². The Kier molecular flexibility index (Phi) is 4.39. The second-order valence-corrected chi connectivity index (χ2v) is 7.56. The number of benzene rings is 2. The van der Waals surface area contributed by atoms with Crippen LogP contribution in [0.3, 0.4) is 0 Å². The Morgan fingerprint density at radius 3 is 2.37 bits per heavy atom. The summed E-state index contributed by atoms with van der Waals surface area (Å²) in [6.07, 6.45) is 0.368. The Hall–Kier alpha value is -3.34. The quantitative estimate of drug-likeness (QED) is 0.482. The third-order valence-corrected chi connectivity index (χ3v) is 5.77. The Morgan fingerprint density at radius 2 is 1.78 bits per heavy atom. The highest BCUT2D eigenvalue weighted by molar-refractivity contribution is 7.90. The molecule has 3 rings (SSSR count). The van der Waals surface area contributed by atoms with Crippen LogP contribution in [-0.2, 0) is 16.4 Å². The molecule has 2 aromatic carbocycles. The molecule has 140 valence electrons. The molecule has 0 atom stereocenters. The van der Waals surface area contributed by atoms with Crippen molar-refractivity contribution in [3.63, 3.8) is 0 Å². The van der Waals surface area contributed by atoms with Crippen molar-refractivity contribution in [1.82, 2.24) is 9.19 Å². The van der Waals surface area contributed by atoms with Crippen LogP contribution in [-0.4, -0.2) is 27.5 Å². The molecular formula is C16H14N4O6S.